The molecule has 190 valence electrons. The molecule has 0 radical (unpaired) electrons. The third-order valence-electron chi connectivity index (χ3n) is 6.07. The van der Waals surface area contributed by atoms with Crippen molar-refractivity contribution in [2.75, 3.05) is 25.5 Å². The Bertz CT molecular complexity index is 1330. The summed E-state index contributed by atoms with van der Waals surface area (Å²) in [4.78, 5) is 15.2. The first-order valence-corrected chi connectivity index (χ1v) is 13.2. The Morgan fingerprint density at radius 1 is 1.00 bits per heavy atom. The van der Waals surface area contributed by atoms with Gasteiger partial charge in [0.15, 0.2) is 17.6 Å². The van der Waals surface area contributed by atoms with Crippen LogP contribution in [0, 0.1) is 0 Å². The molecule has 1 aliphatic heterocycles. The van der Waals surface area contributed by atoms with Crippen LogP contribution in [0.4, 0.5) is 5.69 Å². The molecule has 0 bridgehead atoms. The van der Waals surface area contributed by atoms with Crippen molar-refractivity contribution in [2.45, 2.75) is 37.3 Å². The van der Waals surface area contributed by atoms with Crippen LogP contribution in [0.25, 0.3) is 0 Å². The van der Waals surface area contributed by atoms with E-state index in [-0.39, 0.29) is 10.8 Å². The predicted molar refractivity (Wildman–Crippen MR) is 137 cm³/mol. The number of anilines is 1. The summed E-state index contributed by atoms with van der Waals surface area (Å²) in [6.45, 7) is 2.68. The van der Waals surface area contributed by atoms with E-state index in [2.05, 4.69) is 4.72 Å². The second kappa shape index (κ2) is 10.9. The number of fused-ring (bicyclic) bond motifs is 1. The fraction of sp³-hybridized carbons (Fsp3) is 0.296. The molecule has 1 unspecified atom stereocenters. The molecule has 36 heavy (non-hydrogen) atoms. The summed E-state index contributed by atoms with van der Waals surface area (Å²) in [5.41, 5.74) is 2.14. The highest BCUT2D eigenvalue weighted by atomic mass is 32.2. The van der Waals surface area contributed by atoms with Crippen molar-refractivity contribution in [1.82, 2.24) is 4.90 Å². The SMILES string of the molecule is CCC1Oc2ccc(NS(=O)(=O)c3ccccc3)cc2CN(CCc2ccc(OC)c(OC)c2)C1=O. The lowest BCUT2D eigenvalue weighted by Crippen LogP contribution is -2.40. The fourth-order valence-electron chi connectivity index (χ4n) is 4.13. The molecule has 1 amide bonds. The monoisotopic (exact) mass is 510 g/mol. The lowest BCUT2D eigenvalue weighted by molar-refractivity contribution is -0.138. The number of hydrogen-bond donors (Lipinski definition) is 1. The molecule has 4 rings (SSSR count). The molecule has 9 heteroatoms. The van der Waals surface area contributed by atoms with Gasteiger partial charge in [-0.1, -0.05) is 31.2 Å². The zero-order valence-electron chi connectivity index (χ0n) is 20.6. The summed E-state index contributed by atoms with van der Waals surface area (Å²) in [7, 11) is -0.567. The minimum absolute atomic E-state index is 0.0967. The quantitative estimate of drug-likeness (QED) is 0.463. The first-order valence-electron chi connectivity index (χ1n) is 11.7. The maximum Gasteiger partial charge on any atom is 0.263 e. The van der Waals surface area contributed by atoms with E-state index in [0.717, 1.165) is 11.1 Å². The number of carbonyl (C=O) groups excluding carboxylic acids is 1. The number of benzene rings is 3. The molecule has 1 atom stereocenters. The van der Waals surface area contributed by atoms with Gasteiger partial charge < -0.3 is 19.1 Å². The van der Waals surface area contributed by atoms with Gasteiger partial charge in [0.1, 0.15) is 5.75 Å². The number of nitrogens with one attached hydrogen (secondary N) is 1. The molecule has 0 aliphatic carbocycles. The maximum atomic E-state index is 13.2. The largest absolute Gasteiger partial charge is 0.493 e. The normalized spacial score (nSPS) is 15.5. The maximum absolute atomic E-state index is 13.2. The first kappa shape index (κ1) is 25.4. The van der Waals surface area contributed by atoms with Crippen molar-refractivity contribution in [3.63, 3.8) is 0 Å². The molecule has 0 saturated carbocycles. The number of hydrogen-bond acceptors (Lipinski definition) is 6. The highest BCUT2D eigenvalue weighted by Crippen LogP contribution is 2.31. The zero-order chi connectivity index (χ0) is 25.7. The Labute approximate surface area is 211 Å². The van der Waals surface area contributed by atoms with Crippen LogP contribution in [0.3, 0.4) is 0 Å². The van der Waals surface area contributed by atoms with E-state index in [4.69, 9.17) is 14.2 Å². The van der Waals surface area contributed by atoms with Crippen LogP contribution >= 0.6 is 0 Å². The summed E-state index contributed by atoms with van der Waals surface area (Å²) in [5.74, 6) is 1.76. The average Bonchev–Trinajstić information content (AvgIpc) is 3.03. The van der Waals surface area contributed by atoms with Gasteiger partial charge in [0.2, 0.25) is 0 Å². The van der Waals surface area contributed by atoms with Gasteiger partial charge in [-0.25, -0.2) is 8.42 Å². The van der Waals surface area contributed by atoms with Gasteiger partial charge in [-0.15, -0.1) is 0 Å². The van der Waals surface area contributed by atoms with E-state index in [1.165, 1.54) is 12.1 Å². The van der Waals surface area contributed by atoms with Crippen LogP contribution in [-0.4, -0.2) is 46.1 Å². The van der Waals surface area contributed by atoms with Crippen molar-refractivity contribution in [1.29, 1.82) is 0 Å². The summed E-state index contributed by atoms with van der Waals surface area (Å²) in [6.07, 6.45) is 0.523. The molecule has 1 heterocycles. The molecule has 0 saturated heterocycles. The third kappa shape index (κ3) is 5.57. The molecule has 0 spiro atoms. The van der Waals surface area contributed by atoms with Gasteiger partial charge in [0, 0.05) is 24.3 Å². The molecule has 8 nitrogen and oxygen atoms in total. The summed E-state index contributed by atoms with van der Waals surface area (Å²) in [5, 5.41) is 0. The van der Waals surface area contributed by atoms with E-state index in [9.17, 15) is 13.2 Å². The second-order valence-electron chi connectivity index (χ2n) is 8.45. The van der Waals surface area contributed by atoms with E-state index in [1.807, 2.05) is 25.1 Å². The molecule has 0 aromatic heterocycles. The summed E-state index contributed by atoms with van der Waals surface area (Å²) < 4.78 is 44.9. The Morgan fingerprint density at radius 2 is 1.75 bits per heavy atom. The lowest BCUT2D eigenvalue weighted by Gasteiger charge is -2.23. The molecule has 0 fully saturated rings. The van der Waals surface area contributed by atoms with Crippen molar-refractivity contribution >= 4 is 21.6 Å². The summed E-state index contributed by atoms with van der Waals surface area (Å²) >= 11 is 0. The Kier molecular flexibility index (Phi) is 7.69. The molecule has 1 aliphatic rings. The van der Waals surface area contributed by atoms with E-state index in [1.54, 1.807) is 55.5 Å². The van der Waals surface area contributed by atoms with E-state index in [0.29, 0.717) is 48.9 Å². The van der Waals surface area contributed by atoms with Crippen LogP contribution in [0.5, 0.6) is 17.2 Å². The van der Waals surface area contributed by atoms with Crippen LogP contribution in [0.2, 0.25) is 0 Å². The molecule has 3 aromatic rings. The minimum atomic E-state index is -3.74. The number of rotatable bonds is 9. The van der Waals surface area contributed by atoms with Gasteiger partial charge in [-0.05, 0) is 60.9 Å². The van der Waals surface area contributed by atoms with E-state index < -0.39 is 16.1 Å². The number of sulfonamides is 1. The van der Waals surface area contributed by atoms with Gasteiger partial charge >= 0.3 is 0 Å². The second-order valence-corrected chi connectivity index (χ2v) is 10.1. The van der Waals surface area contributed by atoms with Gasteiger partial charge in [-0.3, -0.25) is 9.52 Å². The third-order valence-corrected chi connectivity index (χ3v) is 7.47. The zero-order valence-corrected chi connectivity index (χ0v) is 21.4. The molecular weight excluding hydrogens is 480 g/mol. The van der Waals surface area contributed by atoms with Crippen LogP contribution < -0.4 is 18.9 Å². The minimum Gasteiger partial charge on any atom is -0.493 e. The number of ether oxygens (including phenoxy) is 3. The summed E-state index contributed by atoms with van der Waals surface area (Å²) in [6, 6.07) is 19.0. The Balaban J connectivity index is 1.56. The highest BCUT2D eigenvalue weighted by Gasteiger charge is 2.30. The fourth-order valence-corrected chi connectivity index (χ4v) is 5.20. The average molecular weight is 511 g/mol. The Morgan fingerprint density at radius 3 is 2.44 bits per heavy atom. The van der Waals surface area contributed by atoms with Gasteiger partial charge in [0.25, 0.3) is 15.9 Å². The topological polar surface area (TPSA) is 94.2 Å². The number of methoxy groups -OCH3 is 2. The van der Waals surface area contributed by atoms with Crippen molar-refractivity contribution < 1.29 is 27.4 Å². The molecule has 3 aromatic carbocycles. The van der Waals surface area contributed by atoms with Crippen molar-refractivity contribution in [3.05, 3.63) is 77.9 Å². The van der Waals surface area contributed by atoms with Crippen LogP contribution in [-0.2, 0) is 27.8 Å². The molecular formula is C27H30N2O6S. The van der Waals surface area contributed by atoms with Crippen LogP contribution in [0.1, 0.15) is 24.5 Å². The predicted octanol–water partition coefficient (Wildman–Crippen LogP) is 4.25. The standard InChI is InChI=1S/C27H30N2O6S/c1-4-23-27(30)29(15-14-19-10-12-25(33-2)26(16-19)34-3)18-20-17-21(11-13-24(20)35-23)28-36(31,32)22-8-6-5-7-9-22/h5-13,16-17,23,28H,4,14-15,18H2,1-3H3. The van der Waals surface area contributed by atoms with E-state index >= 15 is 0 Å². The lowest BCUT2D eigenvalue weighted by atomic mass is 10.1. The van der Waals surface area contributed by atoms with Gasteiger partial charge in [0.05, 0.1) is 19.1 Å². The smallest absolute Gasteiger partial charge is 0.263 e. The highest BCUT2D eigenvalue weighted by molar-refractivity contribution is 7.92. The van der Waals surface area contributed by atoms with Crippen LogP contribution in [0.15, 0.2) is 71.6 Å². The van der Waals surface area contributed by atoms with Gasteiger partial charge in [-0.2, -0.15) is 0 Å². The van der Waals surface area contributed by atoms with Crippen molar-refractivity contribution in [3.8, 4) is 17.2 Å². The number of nitrogens with zero attached hydrogens (tertiary/aromatic N) is 1. The first-order chi connectivity index (χ1) is 17.3. The molecule has 1 N–H and O–H groups in total. The number of carbonyl (C=O) groups is 1. The van der Waals surface area contributed by atoms with Crippen molar-refractivity contribution in [2.24, 2.45) is 0 Å². The number of amides is 1. The Hall–Kier alpha value is -3.72.